The topological polar surface area (TPSA) is 104 Å². The molecule has 0 saturated carbocycles. The summed E-state index contributed by atoms with van der Waals surface area (Å²) >= 11 is 1.45. The number of fused-ring (bicyclic) bond motifs is 1. The normalized spacial score (nSPS) is 11.1. The largest absolute Gasteiger partial charge is 0.300 e. The van der Waals surface area contributed by atoms with Gasteiger partial charge >= 0.3 is 0 Å². The van der Waals surface area contributed by atoms with Crippen LogP contribution in [0, 0.1) is 10.1 Å². The van der Waals surface area contributed by atoms with Crippen LogP contribution in [-0.4, -0.2) is 34.5 Å². The van der Waals surface area contributed by atoms with E-state index in [-0.39, 0.29) is 5.69 Å². The van der Waals surface area contributed by atoms with Crippen LogP contribution in [0.1, 0.15) is 5.69 Å². The number of rotatable bonds is 4. The third-order valence-electron chi connectivity index (χ3n) is 2.63. The lowest BCUT2D eigenvalue weighted by atomic mass is 10.4. The van der Waals surface area contributed by atoms with Crippen LogP contribution < -0.4 is 0 Å². The van der Waals surface area contributed by atoms with Gasteiger partial charge in [-0.2, -0.15) is 0 Å². The predicted molar refractivity (Wildman–Crippen MR) is 70.2 cm³/mol. The van der Waals surface area contributed by atoms with Crippen LogP contribution in [0.5, 0.6) is 0 Å². The lowest BCUT2D eigenvalue weighted by molar-refractivity contribution is -0.385. The van der Waals surface area contributed by atoms with Crippen LogP contribution in [0.25, 0.3) is 5.65 Å². The SMILES string of the molecule is Cn1nnnc1SCc1cn2cc([N+](=O)[O-])ccc2n1. The summed E-state index contributed by atoms with van der Waals surface area (Å²) in [5.74, 6) is 0.587. The maximum absolute atomic E-state index is 10.7. The minimum absolute atomic E-state index is 0.0339. The number of hydrogen-bond donors (Lipinski definition) is 0. The van der Waals surface area contributed by atoms with E-state index in [2.05, 4.69) is 20.5 Å². The Kier molecular flexibility index (Phi) is 3.06. The molecule has 9 nitrogen and oxygen atoms in total. The smallest absolute Gasteiger partial charge is 0.286 e. The van der Waals surface area contributed by atoms with Crippen molar-refractivity contribution in [3.05, 3.63) is 40.3 Å². The van der Waals surface area contributed by atoms with Gasteiger partial charge in [0.25, 0.3) is 5.69 Å². The second-order valence-corrected chi connectivity index (χ2v) is 4.96. The Morgan fingerprint density at radius 3 is 2.95 bits per heavy atom. The zero-order valence-electron chi connectivity index (χ0n) is 10.4. The van der Waals surface area contributed by atoms with Crippen LogP contribution in [0.15, 0.2) is 29.7 Å². The number of aromatic nitrogens is 6. The Bertz CT molecular complexity index is 781. The number of nitro groups is 1. The van der Waals surface area contributed by atoms with Crippen molar-refractivity contribution in [3.8, 4) is 0 Å². The molecule has 0 atom stereocenters. The van der Waals surface area contributed by atoms with Crippen molar-refractivity contribution >= 4 is 23.1 Å². The van der Waals surface area contributed by atoms with E-state index in [1.54, 1.807) is 28.4 Å². The van der Waals surface area contributed by atoms with Crippen molar-refractivity contribution in [3.63, 3.8) is 0 Å². The number of tetrazole rings is 1. The van der Waals surface area contributed by atoms with E-state index in [0.717, 1.165) is 5.69 Å². The van der Waals surface area contributed by atoms with Gasteiger partial charge in [-0.15, -0.1) is 5.10 Å². The average Bonchev–Trinajstić information content (AvgIpc) is 3.00. The molecule has 10 heteroatoms. The summed E-state index contributed by atoms with van der Waals surface area (Å²) in [5, 5.41) is 22.5. The molecule has 3 aromatic rings. The number of thioether (sulfide) groups is 1. The molecule has 3 rings (SSSR count). The first-order valence-electron chi connectivity index (χ1n) is 5.60. The summed E-state index contributed by atoms with van der Waals surface area (Å²) in [5.41, 5.74) is 1.51. The van der Waals surface area contributed by atoms with E-state index < -0.39 is 4.92 Å². The van der Waals surface area contributed by atoms with E-state index in [0.29, 0.717) is 16.6 Å². The van der Waals surface area contributed by atoms with E-state index in [9.17, 15) is 10.1 Å². The van der Waals surface area contributed by atoms with Crippen molar-refractivity contribution in [2.45, 2.75) is 10.9 Å². The molecule has 0 unspecified atom stereocenters. The molecule has 0 aliphatic heterocycles. The van der Waals surface area contributed by atoms with Crippen LogP contribution in [0.2, 0.25) is 0 Å². The summed E-state index contributed by atoms with van der Waals surface area (Å²) in [6.07, 6.45) is 3.21. The van der Waals surface area contributed by atoms with Crippen molar-refractivity contribution in [2.24, 2.45) is 7.05 Å². The third-order valence-corrected chi connectivity index (χ3v) is 3.67. The molecule has 3 aromatic heterocycles. The zero-order chi connectivity index (χ0) is 14.1. The molecular weight excluding hydrogens is 282 g/mol. The molecule has 0 amide bonds. The molecule has 0 fully saturated rings. The van der Waals surface area contributed by atoms with Crippen molar-refractivity contribution in [2.75, 3.05) is 0 Å². The standard InChI is InChI=1S/C10H9N7O2S/c1-15-10(12-13-14-15)20-6-7-4-16-5-8(17(18)19)2-3-9(16)11-7/h2-5H,6H2,1H3. The quantitative estimate of drug-likeness (QED) is 0.402. The van der Waals surface area contributed by atoms with Gasteiger partial charge in [0.15, 0.2) is 0 Å². The minimum atomic E-state index is -0.431. The lowest BCUT2D eigenvalue weighted by Crippen LogP contribution is -1.93. The molecule has 20 heavy (non-hydrogen) atoms. The highest BCUT2D eigenvalue weighted by atomic mass is 32.2. The number of hydrogen-bond acceptors (Lipinski definition) is 7. The van der Waals surface area contributed by atoms with Gasteiger partial charge in [0.05, 0.1) is 16.8 Å². The van der Waals surface area contributed by atoms with Gasteiger partial charge in [-0.05, 0) is 16.5 Å². The van der Waals surface area contributed by atoms with Crippen molar-refractivity contribution in [1.29, 1.82) is 0 Å². The second-order valence-electron chi connectivity index (χ2n) is 4.02. The van der Waals surface area contributed by atoms with Crippen LogP contribution in [-0.2, 0) is 12.8 Å². The first-order chi connectivity index (χ1) is 9.63. The first kappa shape index (κ1) is 12.5. The Hall–Kier alpha value is -2.49. The van der Waals surface area contributed by atoms with Gasteiger partial charge in [0, 0.05) is 25.1 Å². The first-order valence-corrected chi connectivity index (χ1v) is 6.59. The summed E-state index contributed by atoms with van der Waals surface area (Å²) in [6.45, 7) is 0. The summed E-state index contributed by atoms with van der Waals surface area (Å²) < 4.78 is 3.22. The zero-order valence-corrected chi connectivity index (χ0v) is 11.2. The van der Waals surface area contributed by atoms with Gasteiger partial charge in [-0.1, -0.05) is 11.8 Å². The van der Waals surface area contributed by atoms with Crippen LogP contribution in [0.4, 0.5) is 5.69 Å². The fraction of sp³-hybridized carbons (Fsp3) is 0.200. The molecule has 0 radical (unpaired) electrons. The summed E-state index contributed by atoms with van der Waals surface area (Å²) in [7, 11) is 1.76. The molecule has 0 spiro atoms. The van der Waals surface area contributed by atoms with Crippen LogP contribution >= 0.6 is 11.8 Å². The molecule has 0 N–H and O–H groups in total. The minimum Gasteiger partial charge on any atom is -0.300 e. The van der Waals surface area contributed by atoms with E-state index in [1.165, 1.54) is 24.0 Å². The van der Waals surface area contributed by atoms with Gasteiger partial charge in [-0.3, -0.25) is 14.5 Å². The van der Waals surface area contributed by atoms with Gasteiger partial charge in [-0.25, -0.2) is 9.67 Å². The molecule has 0 saturated heterocycles. The van der Waals surface area contributed by atoms with Gasteiger partial charge in [0.2, 0.25) is 5.16 Å². The molecule has 0 aliphatic rings. The summed E-state index contributed by atoms with van der Waals surface area (Å²) in [6, 6.07) is 3.06. The highest BCUT2D eigenvalue weighted by Crippen LogP contribution is 2.20. The number of nitrogens with zero attached hydrogens (tertiary/aromatic N) is 7. The molecule has 0 aliphatic carbocycles. The number of aryl methyl sites for hydroxylation is 1. The van der Waals surface area contributed by atoms with E-state index in [4.69, 9.17) is 0 Å². The van der Waals surface area contributed by atoms with E-state index in [1.807, 2.05) is 0 Å². The predicted octanol–water partition coefficient (Wildman–Crippen LogP) is 1.06. The summed E-state index contributed by atoms with van der Waals surface area (Å²) in [4.78, 5) is 14.7. The fourth-order valence-corrected chi connectivity index (χ4v) is 2.43. The van der Waals surface area contributed by atoms with Gasteiger partial charge in [0.1, 0.15) is 5.65 Å². The molecule has 0 aromatic carbocycles. The van der Waals surface area contributed by atoms with Crippen molar-refractivity contribution < 1.29 is 4.92 Å². The second kappa shape index (κ2) is 4.89. The Labute approximate surface area is 116 Å². The molecule has 102 valence electrons. The van der Waals surface area contributed by atoms with Crippen LogP contribution in [0.3, 0.4) is 0 Å². The third kappa shape index (κ3) is 2.32. The molecule has 3 heterocycles. The molecular formula is C10H9N7O2S. The number of pyridine rings is 1. The Balaban J connectivity index is 1.82. The monoisotopic (exact) mass is 291 g/mol. The highest BCUT2D eigenvalue weighted by Gasteiger charge is 2.10. The van der Waals surface area contributed by atoms with E-state index >= 15 is 0 Å². The lowest BCUT2D eigenvalue weighted by Gasteiger charge is -1.95. The highest BCUT2D eigenvalue weighted by molar-refractivity contribution is 7.98. The fourth-order valence-electron chi connectivity index (χ4n) is 1.69. The van der Waals surface area contributed by atoms with Gasteiger partial charge < -0.3 is 0 Å². The Morgan fingerprint density at radius 2 is 2.25 bits per heavy atom. The maximum atomic E-state index is 10.7. The Morgan fingerprint density at radius 1 is 1.40 bits per heavy atom. The average molecular weight is 291 g/mol. The molecule has 0 bridgehead atoms. The number of imidazole rings is 1. The maximum Gasteiger partial charge on any atom is 0.286 e. The van der Waals surface area contributed by atoms with Crippen molar-refractivity contribution in [1.82, 2.24) is 29.6 Å².